The molecule has 1 spiro atoms. The van der Waals surface area contributed by atoms with Gasteiger partial charge in [0.1, 0.15) is 6.10 Å². The predicted molar refractivity (Wildman–Crippen MR) is 91.2 cm³/mol. The Kier molecular flexibility index (Phi) is 2.81. The number of nitrogens with zero attached hydrogens (tertiary/aromatic N) is 1. The van der Waals surface area contributed by atoms with E-state index in [4.69, 9.17) is 4.74 Å². The predicted octanol–water partition coefficient (Wildman–Crippen LogP) is 2.12. The van der Waals surface area contributed by atoms with Crippen LogP contribution in [0.15, 0.2) is 24.8 Å². The maximum Gasteiger partial charge on any atom is 0.165 e. The Hall–Kier alpha value is -1.52. The van der Waals surface area contributed by atoms with Crippen molar-refractivity contribution in [3.05, 3.63) is 35.9 Å². The zero-order valence-corrected chi connectivity index (χ0v) is 14.2. The van der Waals surface area contributed by atoms with Crippen LogP contribution in [0.3, 0.4) is 0 Å². The van der Waals surface area contributed by atoms with Crippen molar-refractivity contribution in [3.8, 4) is 11.5 Å². The van der Waals surface area contributed by atoms with Gasteiger partial charge in [0, 0.05) is 24.3 Å². The summed E-state index contributed by atoms with van der Waals surface area (Å²) < 4.78 is 7.26. The van der Waals surface area contributed by atoms with E-state index in [-0.39, 0.29) is 17.3 Å². The van der Waals surface area contributed by atoms with Gasteiger partial charge in [0.15, 0.2) is 11.5 Å². The van der Waals surface area contributed by atoms with E-state index >= 15 is 0 Å². The number of piperidine rings is 1. The lowest BCUT2D eigenvalue weighted by atomic mass is 9.51. The van der Waals surface area contributed by atoms with Crippen molar-refractivity contribution in [2.24, 2.45) is 5.92 Å². The molecule has 2 heterocycles. The summed E-state index contributed by atoms with van der Waals surface area (Å²) in [7, 11) is 2.36. The van der Waals surface area contributed by atoms with E-state index in [1.165, 1.54) is 11.1 Å². The van der Waals surface area contributed by atoms with Crippen molar-refractivity contribution in [3.63, 3.8) is 0 Å². The minimum Gasteiger partial charge on any atom is -0.504 e. The second kappa shape index (κ2) is 4.55. The van der Waals surface area contributed by atoms with Gasteiger partial charge in [0.05, 0.1) is 37.7 Å². The molecule has 2 aliphatic heterocycles. The lowest BCUT2D eigenvalue weighted by Gasteiger charge is -2.61. The number of rotatable bonds is 2. The first-order valence-electron chi connectivity index (χ1n) is 9.16. The summed E-state index contributed by atoms with van der Waals surface area (Å²) in [6.07, 6.45) is 5.32. The van der Waals surface area contributed by atoms with Gasteiger partial charge in [-0.05, 0) is 30.5 Å². The molecule has 0 amide bonds. The maximum absolute atomic E-state index is 10.7. The molecular formula is C20H26NO3+. The first-order chi connectivity index (χ1) is 11.5. The number of benzene rings is 1. The van der Waals surface area contributed by atoms with Crippen molar-refractivity contribution in [1.82, 2.24) is 0 Å². The lowest BCUT2D eigenvalue weighted by Crippen LogP contribution is -2.72. The lowest BCUT2D eigenvalue weighted by molar-refractivity contribution is -0.940. The SMILES string of the molecule is C=CC[N@@+]1(C)CC[C@]23c4c5ccc(O)c4OC2[C@H](O)CC[C@@H]3[C@H]1C5. The van der Waals surface area contributed by atoms with E-state index in [0.29, 0.717) is 17.7 Å². The number of quaternary nitrogens is 1. The Morgan fingerprint density at radius 1 is 1.42 bits per heavy atom. The van der Waals surface area contributed by atoms with Crippen molar-refractivity contribution in [1.29, 1.82) is 0 Å². The molecule has 4 heteroatoms. The van der Waals surface area contributed by atoms with Gasteiger partial charge in [-0.1, -0.05) is 12.6 Å². The van der Waals surface area contributed by atoms with Crippen LogP contribution in [0.2, 0.25) is 0 Å². The molecule has 5 rings (SSSR count). The summed E-state index contributed by atoms with van der Waals surface area (Å²) in [4.78, 5) is 0. The van der Waals surface area contributed by atoms with E-state index in [0.717, 1.165) is 43.3 Å². The van der Waals surface area contributed by atoms with Crippen LogP contribution in [0.4, 0.5) is 0 Å². The third-order valence-corrected chi connectivity index (χ3v) is 7.50. The van der Waals surface area contributed by atoms with Crippen molar-refractivity contribution in [2.75, 3.05) is 20.1 Å². The molecular weight excluding hydrogens is 302 g/mol. The summed E-state index contributed by atoms with van der Waals surface area (Å²) >= 11 is 0. The molecule has 1 aromatic carbocycles. The van der Waals surface area contributed by atoms with Crippen LogP contribution in [-0.2, 0) is 11.8 Å². The number of likely N-dealkylation sites (tertiary alicyclic amines) is 1. The average molecular weight is 328 g/mol. The summed E-state index contributed by atoms with van der Waals surface area (Å²) in [6.45, 7) is 6.06. The molecule has 1 aromatic rings. The largest absolute Gasteiger partial charge is 0.504 e. The molecule has 0 aromatic heterocycles. The Morgan fingerprint density at radius 2 is 2.25 bits per heavy atom. The number of phenolic OH excluding ortho intramolecular Hbond substituents is 1. The maximum atomic E-state index is 10.7. The van der Waals surface area contributed by atoms with Crippen LogP contribution < -0.4 is 4.74 Å². The molecule has 2 N–H and O–H groups in total. The smallest absolute Gasteiger partial charge is 0.165 e. The molecule has 4 aliphatic rings. The fourth-order valence-corrected chi connectivity index (χ4v) is 6.50. The minimum atomic E-state index is -0.434. The third kappa shape index (κ3) is 1.52. The second-order valence-corrected chi connectivity index (χ2v) is 8.47. The zero-order valence-electron chi connectivity index (χ0n) is 14.2. The Bertz CT molecular complexity index is 732. The molecule has 24 heavy (non-hydrogen) atoms. The van der Waals surface area contributed by atoms with Gasteiger partial charge >= 0.3 is 0 Å². The van der Waals surface area contributed by atoms with Crippen molar-refractivity contribution in [2.45, 2.75) is 49.3 Å². The monoisotopic (exact) mass is 328 g/mol. The van der Waals surface area contributed by atoms with Crippen LogP contribution in [0.25, 0.3) is 0 Å². The molecule has 1 saturated heterocycles. The quantitative estimate of drug-likeness (QED) is 0.646. The fraction of sp³-hybridized carbons (Fsp3) is 0.600. The topological polar surface area (TPSA) is 49.7 Å². The summed E-state index contributed by atoms with van der Waals surface area (Å²) in [5.74, 6) is 1.40. The van der Waals surface area contributed by atoms with Gasteiger partial charge in [-0.25, -0.2) is 0 Å². The fourth-order valence-electron chi connectivity index (χ4n) is 6.50. The number of aromatic hydroxyl groups is 1. The number of ether oxygens (including phenoxy) is 1. The van der Waals surface area contributed by atoms with E-state index in [2.05, 4.69) is 25.8 Å². The Labute approximate surface area is 142 Å². The highest BCUT2D eigenvalue weighted by atomic mass is 16.5. The van der Waals surface area contributed by atoms with Gasteiger partial charge in [0.2, 0.25) is 0 Å². The Balaban J connectivity index is 1.75. The highest BCUT2D eigenvalue weighted by molar-refractivity contribution is 5.60. The molecule has 2 bridgehead atoms. The van der Waals surface area contributed by atoms with Gasteiger partial charge in [0.25, 0.3) is 0 Å². The number of hydrogen-bond donors (Lipinski definition) is 2. The number of aliphatic hydroxyl groups is 1. The average Bonchev–Trinajstić information content (AvgIpc) is 2.91. The Morgan fingerprint density at radius 3 is 3.04 bits per heavy atom. The molecule has 1 unspecified atom stereocenters. The molecule has 4 nitrogen and oxygen atoms in total. The number of hydrogen-bond acceptors (Lipinski definition) is 3. The standard InChI is InChI=1S/C20H25NO3/c1-3-9-21(2)10-8-20-13-5-7-16(23)19(20)24-18-15(22)6-4-12(17(18)20)11-14(13)21/h3-4,6,13-14,16,19,23H,1,5,7-11H2,2H3/p+1/t13-,14-,16-,19?,20+,21+/m1/s1. The summed E-state index contributed by atoms with van der Waals surface area (Å²) in [5.41, 5.74) is 2.43. The van der Waals surface area contributed by atoms with Crippen LogP contribution in [-0.4, -0.2) is 53.1 Å². The highest BCUT2D eigenvalue weighted by Gasteiger charge is 2.68. The van der Waals surface area contributed by atoms with E-state index < -0.39 is 6.10 Å². The molecule has 2 fully saturated rings. The highest BCUT2D eigenvalue weighted by Crippen LogP contribution is 2.64. The van der Waals surface area contributed by atoms with Gasteiger partial charge < -0.3 is 19.4 Å². The first kappa shape index (κ1) is 14.8. The molecule has 6 atom stereocenters. The van der Waals surface area contributed by atoms with Crippen LogP contribution in [0.1, 0.15) is 30.4 Å². The molecule has 2 aliphatic carbocycles. The number of phenols is 1. The van der Waals surface area contributed by atoms with E-state index in [9.17, 15) is 10.2 Å². The molecule has 128 valence electrons. The minimum absolute atomic E-state index is 0.108. The van der Waals surface area contributed by atoms with Crippen molar-refractivity contribution < 1.29 is 19.4 Å². The van der Waals surface area contributed by atoms with Crippen molar-refractivity contribution >= 4 is 0 Å². The first-order valence-corrected chi connectivity index (χ1v) is 9.16. The zero-order chi connectivity index (χ0) is 16.7. The summed E-state index contributed by atoms with van der Waals surface area (Å²) in [5, 5.41) is 21.0. The normalized spacial score (nSPS) is 44.6. The molecule has 1 saturated carbocycles. The number of likely N-dealkylation sites (N-methyl/N-ethyl adjacent to an activating group) is 1. The van der Waals surface area contributed by atoms with Crippen LogP contribution in [0, 0.1) is 5.92 Å². The van der Waals surface area contributed by atoms with Crippen LogP contribution >= 0.6 is 0 Å². The molecule has 0 radical (unpaired) electrons. The number of aliphatic hydroxyl groups excluding tert-OH is 1. The summed E-state index contributed by atoms with van der Waals surface area (Å²) in [6, 6.07) is 4.39. The van der Waals surface area contributed by atoms with E-state index in [1.54, 1.807) is 6.07 Å². The van der Waals surface area contributed by atoms with Gasteiger partial charge in [-0.3, -0.25) is 0 Å². The van der Waals surface area contributed by atoms with Gasteiger partial charge in [-0.15, -0.1) is 0 Å². The van der Waals surface area contributed by atoms with Crippen LogP contribution in [0.5, 0.6) is 11.5 Å². The van der Waals surface area contributed by atoms with Gasteiger partial charge in [-0.2, -0.15) is 0 Å². The second-order valence-electron chi connectivity index (χ2n) is 8.47. The van der Waals surface area contributed by atoms with E-state index in [1.807, 2.05) is 0 Å². The third-order valence-electron chi connectivity index (χ3n) is 7.50.